The van der Waals surface area contributed by atoms with Crippen LogP contribution in [0.3, 0.4) is 0 Å². The van der Waals surface area contributed by atoms with Gasteiger partial charge < -0.3 is 11.1 Å². The van der Waals surface area contributed by atoms with Crippen LogP contribution in [0.4, 0.5) is 24.8 Å². The van der Waals surface area contributed by atoms with Gasteiger partial charge in [0.2, 0.25) is 11.9 Å². The molecule has 0 unspecified atom stereocenters. The first-order chi connectivity index (χ1) is 11.3. The highest BCUT2D eigenvalue weighted by Crippen LogP contribution is 2.27. The number of hydrogen-bond donors (Lipinski definition) is 2. The van der Waals surface area contributed by atoms with Crippen LogP contribution in [-0.4, -0.2) is 20.7 Å². The molecule has 2 rings (SSSR count). The van der Waals surface area contributed by atoms with Gasteiger partial charge in [0.25, 0.3) is 5.82 Å². The summed E-state index contributed by atoms with van der Waals surface area (Å²) in [4.78, 5) is 15.3. The number of alkyl halides is 3. The predicted octanol–water partition coefficient (Wildman–Crippen LogP) is 2.64. The van der Waals surface area contributed by atoms with Crippen molar-refractivity contribution in [3.63, 3.8) is 0 Å². The number of nitrogen functional groups attached to an aromatic ring is 1. The lowest BCUT2D eigenvalue weighted by Crippen LogP contribution is -2.22. The van der Waals surface area contributed by atoms with Crippen LogP contribution < -0.4 is 11.1 Å². The second-order valence-electron chi connectivity index (χ2n) is 5.16. The summed E-state index contributed by atoms with van der Waals surface area (Å²) >= 11 is 0. The summed E-state index contributed by atoms with van der Waals surface area (Å²) in [7, 11) is 0. The zero-order valence-electron chi connectivity index (χ0n) is 13.3. The summed E-state index contributed by atoms with van der Waals surface area (Å²) in [6.45, 7) is 3.46. The van der Waals surface area contributed by atoms with Crippen LogP contribution in [0.1, 0.15) is 30.8 Å². The molecule has 0 saturated carbocycles. The minimum Gasteiger partial charge on any atom is -0.368 e. The molecule has 0 spiro atoms. The van der Waals surface area contributed by atoms with E-state index in [9.17, 15) is 18.0 Å². The van der Waals surface area contributed by atoms with Crippen molar-refractivity contribution in [2.75, 3.05) is 11.1 Å². The number of para-hydroxylation sites is 1. The number of carbonyl (C=O) groups is 1. The maximum Gasteiger partial charge on any atom is 0.453 e. The zero-order chi connectivity index (χ0) is 17.9. The largest absolute Gasteiger partial charge is 0.453 e. The van der Waals surface area contributed by atoms with Crippen LogP contribution in [0, 0.1) is 0 Å². The molecule has 0 bridgehead atoms. The molecule has 0 fully saturated rings. The van der Waals surface area contributed by atoms with Crippen molar-refractivity contribution < 1.29 is 18.0 Å². The minimum atomic E-state index is -4.71. The number of anilines is 2. The van der Waals surface area contributed by atoms with Crippen LogP contribution in [0.15, 0.2) is 18.2 Å². The first-order valence-electron chi connectivity index (χ1n) is 7.44. The molecule has 1 aromatic heterocycles. The lowest BCUT2D eigenvalue weighted by molar-refractivity contribution is -0.145. The fourth-order valence-corrected chi connectivity index (χ4v) is 2.31. The average Bonchev–Trinajstić information content (AvgIpc) is 2.88. The number of aromatic nitrogens is 3. The summed E-state index contributed by atoms with van der Waals surface area (Å²) in [6, 6.07) is 5.68. The Balaban J connectivity index is 2.19. The lowest BCUT2D eigenvalue weighted by atomic mass is 10.0. The number of hydrogen-bond acceptors (Lipinski definition) is 4. The van der Waals surface area contributed by atoms with E-state index in [1.807, 2.05) is 32.0 Å². The summed E-state index contributed by atoms with van der Waals surface area (Å²) in [5, 5.41) is 5.98. The number of aryl methyl sites for hydroxylation is 2. The summed E-state index contributed by atoms with van der Waals surface area (Å²) in [5.41, 5.74) is 7.98. The van der Waals surface area contributed by atoms with Gasteiger partial charge in [-0.1, -0.05) is 32.0 Å². The number of amides is 1. The normalized spacial score (nSPS) is 11.5. The first-order valence-corrected chi connectivity index (χ1v) is 7.44. The number of rotatable bonds is 5. The zero-order valence-corrected chi connectivity index (χ0v) is 13.3. The van der Waals surface area contributed by atoms with E-state index in [-0.39, 0.29) is 0 Å². The molecule has 3 N–H and O–H groups in total. The van der Waals surface area contributed by atoms with E-state index in [1.165, 1.54) is 0 Å². The van der Waals surface area contributed by atoms with Crippen LogP contribution in [0.5, 0.6) is 0 Å². The molecular weight excluding hydrogens is 323 g/mol. The summed E-state index contributed by atoms with van der Waals surface area (Å²) in [5.74, 6) is -2.34. The second-order valence-corrected chi connectivity index (χ2v) is 5.16. The Bertz CT molecular complexity index is 717. The highest BCUT2D eigenvalue weighted by atomic mass is 19.4. The number of nitrogens with two attached hydrogens (primary N) is 1. The molecule has 0 radical (unpaired) electrons. The van der Waals surface area contributed by atoms with E-state index < -0.39 is 30.4 Å². The molecule has 0 saturated heterocycles. The molecule has 130 valence electrons. The van der Waals surface area contributed by atoms with Gasteiger partial charge in [-0.05, 0) is 24.0 Å². The van der Waals surface area contributed by atoms with Gasteiger partial charge in [-0.2, -0.15) is 18.2 Å². The third-order valence-electron chi connectivity index (χ3n) is 3.51. The molecule has 0 aliphatic carbocycles. The van der Waals surface area contributed by atoms with Crippen molar-refractivity contribution in [3.05, 3.63) is 35.2 Å². The number of benzene rings is 1. The van der Waals surface area contributed by atoms with Crippen LogP contribution in [0.2, 0.25) is 0 Å². The lowest BCUT2D eigenvalue weighted by Gasteiger charge is -2.14. The van der Waals surface area contributed by atoms with Gasteiger partial charge in [0.1, 0.15) is 6.54 Å². The fourth-order valence-electron chi connectivity index (χ4n) is 2.31. The fraction of sp³-hybridized carbons (Fsp3) is 0.400. The topological polar surface area (TPSA) is 85.8 Å². The number of carbonyl (C=O) groups excluding carboxylic acids is 1. The molecular formula is C15H18F3N5O. The summed E-state index contributed by atoms with van der Waals surface area (Å²) < 4.78 is 38.4. The van der Waals surface area contributed by atoms with Gasteiger partial charge in [-0.15, -0.1) is 5.10 Å². The number of nitrogens with zero attached hydrogens (tertiary/aromatic N) is 3. The third-order valence-corrected chi connectivity index (χ3v) is 3.51. The number of halogens is 3. The van der Waals surface area contributed by atoms with Crippen molar-refractivity contribution in [1.29, 1.82) is 0 Å². The van der Waals surface area contributed by atoms with Crippen molar-refractivity contribution in [3.8, 4) is 0 Å². The van der Waals surface area contributed by atoms with E-state index >= 15 is 0 Å². The Morgan fingerprint density at radius 3 is 2.29 bits per heavy atom. The van der Waals surface area contributed by atoms with Gasteiger partial charge in [0.15, 0.2) is 0 Å². The molecule has 0 aliphatic rings. The maximum atomic E-state index is 12.6. The molecule has 1 amide bonds. The Morgan fingerprint density at radius 1 is 1.25 bits per heavy atom. The Morgan fingerprint density at radius 2 is 1.83 bits per heavy atom. The van der Waals surface area contributed by atoms with Crippen molar-refractivity contribution >= 4 is 17.5 Å². The Kier molecular flexibility index (Phi) is 5.10. The molecule has 0 atom stereocenters. The van der Waals surface area contributed by atoms with E-state index in [4.69, 9.17) is 5.73 Å². The minimum absolute atomic E-state index is 0.448. The molecule has 6 nitrogen and oxygen atoms in total. The van der Waals surface area contributed by atoms with Crippen LogP contribution in [-0.2, 0) is 30.4 Å². The van der Waals surface area contributed by atoms with Crippen molar-refractivity contribution in [2.24, 2.45) is 0 Å². The quantitative estimate of drug-likeness (QED) is 0.875. The SMILES string of the molecule is CCc1cccc(CC)c1NC(=O)Cn1nc(C(F)(F)F)nc1N. The smallest absolute Gasteiger partial charge is 0.368 e. The molecule has 24 heavy (non-hydrogen) atoms. The average molecular weight is 341 g/mol. The van der Waals surface area contributed by atoms with E-state index in [0.29, 0.717) is 18.5 Å². The molecule has 1 heterocycles. The monoisotopic (exact) mass is 341 g/mol. The standard InChI is InChI=1S/C15H18F3N5O/c1-3-9-6-5-7-10(4-2)12(9)20-11(24)8-23-14(19)21-13(22-23)15(16,17)18/h5-7H,3-4,8H2,1-2H3,(H,20,24)(H2,19,21,22). The number of nitrogens with one attached hydrogen (secondary N) is 1. The van der Waals surface area contributed by atoms with Gasteiger partial charge in [0, 0.05) is 5.69 Å². The van der Waals surface area contributed by atoms with Gasteiger partial charge in [0.05, 0.1) is 0 Å². The van der Waals surface area contributed by atoms with Crippen molar-refractivity contribution in [2.45, 2.75) is 39.4 Å². The molecule has 1 aromatic carbocycles. The highest BCUT2D eigenvalue weighted by Gasteiger charge is 2.37. The first kappa shape index (κ1) is 17.8. The van der Waals surface area contributed by atoms with Gasteiger partial charge in [-0.3, -0.25) is 4.79 Å². The highest BCUT2D eigenvalue weighted by molar-refractivity contribution is 5.92. The molecule has 9 heteroatoms. The van der Waals surface area contributed by atoms with Crippen molar-refractivity contribution in [1.82, 2.24) is 14.8 Å². The second kappa shape index (κ2) is 6.90. The van der Waals surface area contributed by atoms with E-state index in [1.54, 1.807) is 0 Å². The maximum absolute atomic E-state index is 12.6. The predicted molar refractivity (Wildman–Crippen MR) is 83.3 cm³/mol. The Hall–Kier alpha value is -2.58. The van der Waals surface area contributed by atoms with Crippen LogP contribution in [0.25, 0.3) is 0 Å². The Labute approximate surface area is 136 Å². The van der Waals surface area contributed by atoms with Gasteiger partial charge in [-0.25, -0.2) is 4.68 Å². The summed E-state index contributed by atoms with van der Waals surface area (Å²) in [6.07, 6.45) is -3.28. The third kappa shape index (κ3) is 3.84. The van der Waals surface area contributed by atoms with E-state index in [2.05, 4.69) is 15.4 Å². The molecule has 0 aliphatic heterocycles. The van der Waals surface area contributed by atoms with Crippen LogP contribution >= 0.6 is 0 Å². The molecule has 2 aromatic rings. The van der Waals surface area contributed by atoms with E-state index in [0.717, 1.165) is 15.8 Å². The van der Waals surface area contributed by atoms with Gasteiger partial charge >= 0.3 is 6.18 Å².